The van der Waals surface area contributed by atoms with Crippen molar-refractivity contribution in [1.29, 1.82) is 0 Å². The number of rotatable bonds is 8. The number of benzene rings is 3. The number of nitrogens with zero attached hydrogens (tertiary/aromatic N) is 2. The van der Waals surface area contributed by atoms with Crippen molar-refractivity contribution in [2.24, 2.45) is 5.92 Å². The van der Waals surface area contributed by atoms with Gasteiger partial charge in [0.25, 0.3) is 15.9 Å². The minimum absolute atomic E-state index is 0.0188. The zero-order valence-electron chi connectivity index (χ0n) is 32.6. The van der Waals surface area contributed by atoms with Crippen molar-refractivity contribution < 1.29 is 41.3 Å². The molecule has 1 unspecified atom stereocenters. The third-order valence-electron chi connectivity index (χ3n) is 11.7. The van der Waals surface area contributed by atoms with E-state index in [4.69, 9.17) is 4.74 Å². The van der Waals surface area contributed by atoms with Gasteiger partial charge in [0.1, 0.15) is 33.8 Å². The van der Waals surface area contributed by atoms with Crippen LogP contribution in [0.3, 0.4) is 0 Å². The molecule has 1 aliphatic carbocycles. The second-order valence-electron chi connectivity index (χ2n) is 15.6. The van der Waals surface area contributed by atoms with E-state index in [1.54, 1.807) is 84.2 Å². The number of halogens is 1. The van der Waals surface area contributed by atoms with Crippen LogP contribution in [0.15, 0.2) is 113 Å². The Balaban J connectivity index is 1.10. The second-order valence-corrected chi connectivity index (χ2v) is 21.0. The van der Waals surface area contributed by atoms with Gasteiger partial charge in [-0.05, 0) is 73.0 Å². The smallest absolute Gasteiger partial charge is 0.410 e. The molecule has 2 fully saturated rings. The van der Waals surface area contributed by atoms with Crippen LogP contribution in [0, 0.1) is 11.7 Å². The molecule has 13 nitrogen and oxygen atoms in total. The molecule has 0 bridgehead atoms. The molecule has 17 heteroatoms. The zero-order chi connectivity index (χ0) is 42.1. The molecule has 0 spiro atoms. The van der Waals surface area contributed by atoms with Crippen LogP contribution in [-0.4, -0.2) is 72.3 Å². The lowest BCUT2D eigenvalue weighted by molar-refractivity contribution is -0.141. The molecular formula is C43H45FN5O8PS2. The first kappa shape index (κ1) is 41.6. The summed E-state index contributed by atoms with van der Waals surface area (Å²) in [5.74, 6) is -2.96. The summed E-state index contributed by atoms with van der Waals surface area (Å²) in [6.45, 7) is -0.149. The molecule has 3 aromatic carbocycles. The molecule has 1 aromatic heterocycles. The van der Waals surface area contributed by atoms with Gasteiger partial charge in [0.2, 0.25) is 19.1 Å². The van der Waals surface area contributed by atoms with Gasteiger partial charge in [-0.3, -0.25) is 28.9 Å². The van der Waals surface area contributed by atoms with Gasteiger partial charge in [-0.2, -0.15) is 4.72 Å². The quantitative estimate of drug-likeness (QED) is 0.162. The summed E-state index contributed by atoms with van der Waals surface area (Å²) in [5, 5.41) is 8.19. The summed E-state index contributed by atoms with van der Waals surface area (Å²) < 4.78 is 65.1. The van der Waals surface area contributed by atoms with Crippen LogP contribution in [0.5, 0.6) is 0 Å². The number of sulfonamides is 1. The Morgan fingerprint density at radius 3 is 2.33 bits per heavy atom. The Morgan fingerprint density at radius 2 is 1.65 bits per heavy atom. The van der Waals surface area contributed by atoms with Crippen molar-refractivity contribution in [3.05, 3.63) is 125 Å². The highest BCUT2D eigenvalue weighted by Gasteiger charge is 2.62. The minimum Gasteiger partial charge on any atom is -0.444 e. The summed E-state index contributed by atoms with van der Waals surface area (Å²) in [6, 6.07) is 22.3. The van der Waals surface area contributed by atoms with Crippen molar-refractivity contribution in [1.82, 2.24) is 24.9 Å². The summed E-state index contributed by atoms with van der Waals surface area (Å²) >= 11 is 1.00. The van der Waals surface area contributed by atoms with Crippen LogP contribution in [0.4, 0.5) is 9.18 Å². The molecule has 1 saturated carbocycles. The lowest BCUT2D eigenvalue weighted by Crippen LogP contribution is -2.57. The summed E-state index contributed by atoms with van der Waals surface area (Å²) in [5.41, 5.74) is -0.519. The van der Waals surface area contributed by atoms with E-state index in [1.165, 1.54) is 21.9 Å². The van der Waals surface area contributed by atoms with E-state index >= 15 is 0 Å². The van der Waals surface area contributed by atoms with Crippen LogP contribution in [0.1, 0.15) is 56.1 Å². The molecule has 4 aromatic rings. The molecule has 4 aliphatic rings. The Hall–Kier alpha value is -5.15. The fourth-order valence-electron chi connectivity index (χ4n) is 8.33. The Morgan fingerprint density at radius 1 is 0.917 bits per heavy atom. The number of hydrogen-bond donors (Lipinski definition) is 3. The van der Waals surface area contributed by atoms with Crippen LogP contribution in [0.2, 0.25) is 0 Å². The predicted octanol–water partition coefficient (Wildman–Crippen LogP) is 5.10. The normalized spacial score (nSPS) is 25.1. The van der Waals surface area contributed by atoms with Gasteiger partial charge >= 0.3 is 6.09 Å². The number of hydrogen-bond acceptors (Lipinski definition) is 9. The van der Waals surface area contributed by atoms with Crippen molar-refractivity contribution in [3.63, 3.8) is 0 Å². The molecule has 8 rings (SSSR count). The van der Waals surface area contributed by atoms with Crippen molar-refractivity contribution >= 4 is 63.1 Å². The first-order valence-electron chi connectivity index (χ1n) is 20.0. The number of ether oxygens (including phenoxy) is 1. The van der Waals surface area contributed by atoms with Gasteiger partial charge in [-0.25, -0.2) is 17.6 Å². The van der Waals surface area contributed by atoms with Gasteiger partial charge in [-0.15, -0.1) is 11.3 Å². The number of nitrogens with one attached hydrogen (secondary N) is 3. The number of carbonyl (C=O) groups is 4. The second kappa shape index (κ2) is 17.1. The number of fused-ring (bicyclic) bond motifs is 3. The summed E-state index contributed by atoms with van der Waals surface area (Å²) in [4.78, 5) is 60.0. The predicted molar refractivity (Wildman–Crippen MR) is 224 cm³/mol. The largest absolute Gasteiger partial charge is 0.444 e. The zero-order valence-corrected chi connectivity index (χ0v) is 35.1. The maximum atomic E-state index is 15.0. The molecule has 0 radical (unpaired) electrons. The van der Waals surface area contributed by atoms with Gasteiger partial charge in [-0.1, -0.05) is 79.6 Å². The van der Waals surface area contributed by atoms with Gasteiger partial charge < -0.3 is 15.0 Å². The maximum absolute atomic E-state index is 15.0. The van der Waals surface area contributed by atoms with Crippen LogP contribution >= 0.6 is 18.6 Å². The lowest BCUT2D eigenvalue weighted by atomic mass is 10.1. The fourth-order valence-corrected chi connectivity index (χ4v) is 12.8. The number of thiophene rings is 1. The van der Waals surface area contributed by atoms with Crippen molar-refractivity contribution in [2.75, 3.05) is 6.54 Å². The monoisotopic (exact) mass is 873 g/mol. The van der Waals surface area contributed by atoms with E-state index in [0.717, 1.165) is 17.8 Å². The standard InChI is InChI=1S/C43H45FN5O8PS2/c44-35-20-12-14-29-26-48(28-34(29)35)42(53)57-31-24-37-39(50)45-43(41(52)46-58(54,32-16-7-4-8-17-32)33-18-9-5-10-19-33)25-30(43)15-6-2-1-3-11-21-36(40(51)49(37)27-31)47-60(55,56)38-22-13-23-59-38/h4-10,12-20,22-23,30-31,36-37,47H,1-3,11,21,24-28H2,(H,45,50)(H,46,52,54)/b15-6-/t30?,31-,36+,37+,43-/m1/s1. The first-order chi connectivity index (χ1) is 28.9. The highest BCUT2D eigenvalue weighted by atomic mass is 32.2. The van der Waals surface area contributed by atoms with Crippen LogP contribution < -0.4 is 25.7 Å². The van der Waals surface area contributed by atoms with E-state index < -0.39 is 76.6 Å². The third kappa shape index (κ3) is 8.43. The Labute approximate surface area is 351 Å². The van der Waals surface area contributed by atoms with Crippen molar-refractivity contribution in [2.45, 2.75) is 86.0 Å². The summed E-state index contributed by atoms with van der Waals surface area (Å²) in [6.07, 6.45) is 4.77. The SMILES string of the molecule is O=C1N[C@]2(C(=O)NP(=O)(c3ccccc3)c3ccccc3)CC2/C=C\CCCCC[C@H](NS(=O)(=O)c2cccs2)C(=O)N2C[C@H](OC(=O)N3Cc4cccc(F)c4C3)C[C@@H]12. The molecule has 4 heterocycles. The molecular weight excluding hydrogens is 829 g/mol. The van der Waals surface area contributed by atoms with E-state index in [2.05, 4.69) is 15.1 Å². The summed E-state index contributed by atoms with van der Waals surface area (Å²) in [7, 11) is -7.92. The highest BCUT2D eigenvalue weighted by molar-refractivity contribution is 7.91. The number of allylic oxidation sites excluding steroid dienone is 1. The average Bonchev–Trinajstić information content (AvgIpc) is 3.71. The average molecular weight is 874 g/mol. The molecule has 314 valence electrons. The maximum Gasteiger partial charge on any atom is 0.410 e. The topological polar surface area (TPSA) is 171 Å². The molecule has 3 N–H and O–H groups in total. The Kier molecular flexibility index (Phi) is 11.8. The van der Waals surface area contributed by atoms with E-state index in [-0.39, 0.29) is 43.1 Å². The van der Waals surface area contributed by atoms with Gasteiger partial charge in [0, 0.05) is 35.1 Å². The minimum atomic E-state index is -4.13. The third-order valence-corrected chi connectivity index (χ3v) is 17.1. The number of carbonyl (C=O) groups excluding carboxylic acids is 4. The van der Waals surface area contributed by atoms with E-state index in [0.29, 0.717) is 41.0 Å². The molecule has 1 saturated heterocycles. The molecule has 5 atom stereocenters. The lowest BCUT2D eigenvalue weighted by Gasteiger charge is -2.30. The fraction of sp³-hybridized carbons (Fsp3) is 0.349. The highest BCUT2D eigenvalue weighted by Crippen LogP contribution is 2.49. The molecule has 60 heavy (non-hydrogen) atoms. The van der Waals surface area contributed by atoms with E-state index in [9.17, 15) is 36.6 Å². The number of amides is 4. The van der Waals surface area contributed by atoms with E-state index in [1.807, 2.05) is 12.2 Å². The Bertz CT molecular complexity index is 2410. The van der Waals surface area contributed by atoms with Crippen molar-refractivity contribution in [3.8, 4) is 0 Å². The van der Waals surface area contributed by atoms with Gasteiger partial charge in [0.15, 0.2) is 0 Å². The molecule has 3 aliphatic heterocycles. The molecule has 4 amide bonds. The van der Waals surface area contributed by atoms with Crippen LogP contribution in [0.25, 0.3) is 0 Å². The van der Waals surface area contributed by atoms with Gasteiger partial charge in [0.05, 0.1) is 13.1 Å². The first-order valence-corrected chi connectivity index (χ1v) is 24.1. The van der Waals surface area contributed by atoms with Crippen LogP contribution in [-0.2, 0) is 46.8 Å².